The summed E-state index contributed by atoms with van der Waals surface area (Å²) in [5.41, 5.74) is 2.56. The van der Waals surface area contributed by atoms with E-state index in [4.69, 9.17) is 4.74 Å². The van der Waals surface area contributed by atoms with Crippen LogP contribution in [0.2, 0.25) is 0 Å². The molecule has 92 valence electrons. The number of nitrogens with zero attached hydrogens (tertiary/aromatic N) is 1. The molecule has 17 heavy (non-hydrogen) atoms. The Hall–Kier alpha value is -1.51. The van der Waals surface area contributed by atoms with Gasteiger partial charge in [0.1, 0.15) is 11.6 Å². The minimum Gasteiger partial charge on any atom is -0.496 e. The summed E-state index contributed by atoms with van der Waals surface area (Å²) >= 11 is 0. The molecular weight excluding hydrogens is 212 g/mol. The molecule has 1 N–H and O–H groups in total. The highest BCUT2D eigenvalue weighted by Gasteiger charge is 2.11. The van der Waals surface area contributed by atoms with E-state index in [1.54, 1.807) is 7.11 Å². The fourth-order valence-electron chi connectivity index (χ4n) is 2.10. The van der Waals surface area contributed by atoms with E-state index in [1.165, 1.54) is 11.1 Å². The lowest BCUT2D eigenvalue weighted by atomic mass is 9.98. The number of nitrogens with one attached hydrogen (secondary N) is 1. The van der Waals surface area contributed by atoms with Gasteiger partial charge in [0.2, 0.25) is 0 Å². The average Bonchev–Trinajstić information content (AvgIpc) is 2.81. The Bertz CT molecular complexity index is 424. The highest BCUT2D eigenvalue weighted by Crippen LogP contribution is 2.27. The molecule has 0 spiro atoms. The molecule has 0 saturated heterocycles. The van der Waals surface area contributed by atoms with E-state index in [0.717, 1.165) is 31.1 Å². The van der Waals surface area contributed by atoms with Crippen LogP contribution in [-0.4, -0.2) is 26.0 Å². The van der Waals surface area contributed by atoms with Gasteiger partial charge in [-0.25, -0.2) is 0 Å². The zero-order valence-electron chi connectivity index (χ0n) is 10.8. The van der Waals surface area contributed by atoms with Gasteiger partial charge in [0.15, 0.2) is 0 Å². The minimum absolute atomic E-state index is 0.475. The van der Waals surface area contributed by atoms with Crippen molar-refractivity contribution in [1.29, 1.82) is 0 Å². The first kappa shape index (κ1) is 12.0. The third-order valence-electron chi connectivity index (χ3n) is 3.03. The van der Waals surface area contributed by atoms with Crippen molar-refractivity contribution < 1.29 is 4.74 Å². The number of hydrogen-bond donors (Lipinski definition) is 1. The first-order valence-electron chi connectivity index (χ1n) is 6.14. The van der Waals surface area contributed by atoms with Crippen LogP contribution < -0.4 is 10.1 Å². The summed E-state index contributed by atoms with van der Waals surface area (Å²) in [5.74, 6) is 2.55. The Morgan fingerprint density at radius 2 is 2.24 bits per heavy atom. The van der Waals surface area contributed by atoms with Gasteiger partial charge in [0.25, 0.3) is 0 Å². The van der Waals surface area contributed by atoms with Gasteiger partial charge >= 0.3 is 0 Å². The van der Waals surface area contributed by atoms with Crippen LogP contribution in [0, 0.1) is 0 Å². The largest absolute Gasteiger partial charge is 0.496 e. The molecule has 3 heteroatoms. The molecule has 0 amide bonds. The second-order valence-corrected chi connectivity index (χ2v) is 4.66. The van der Waals surface area contributed by atoms with Crippen LogP contribution in [0.15, 0.2) is 23.2 Å². The third-order valence-corrected chi connectivity index (χ3v) is 3.03. The van der Waals surface area contributed by atoms with Crippen molar-refractivity contribution in [2.24, 2.45) is 4.99 Å². The second-order valence-electron chi connectivity index (χ2n) is 4.66. The van der Waals surface area contributed by atoms with Gasteiger partial charge < -0.3 is 10.1 Å². The smallest absolute Gasteiger partial charge is 0.122 e. The van der Waals surface area contributed by atoms with Gasteiger partial charge in [-0.15, -0.1) is 0 Å². The number of ether oxygens (including phenoxy) is 1. The molecular formula is C14H20N2O. The van der Waals surface area contributed by atoms with E-state index < -0.39 is 0 Å². The monoisotopic (exact) mass is 232 g/mol. The lowest BCUT2D eigenvalue weighted by molar-refractivity contribution is 0.407. The normalized spacial score (nSPS) is 14.7. The molecule has 1 aromatic carbocycles. The summed E-state index contributed by atoms with van der Waals surface area (Å²) in [5, 5.41) is 3.30. The fourth-order valence-corrected chi connectivity index (χ4v) is 2.10. The molecule has 0 radical (unpaired) electrons. The molecule has 0 aromatic heterocycles. The van der Waals surface area contributed by atoms with E-state index in [0.29, 0.717) is 5.92 Å². The van der Waals surface area contributed by atoms with Gasteiger partial charge in [0.05, 0.1) is 13.7 Å². The topological polar surface area (TPSA) is 33.6 Å². The molecule has 0 bridgehead atoms. The summed E-state index contributed by atoms with van der Waals surface area (Å²) in [7, 11) is 1.73. The predicted octanol–water partition coefficient (Wildman–Crippen LogP) is 2.36. The summed E-state index contributed by atoms with van der Waals surface area (Å²) in [6.45, 7) is 6.25. The molecule has 1 aromatic rings. The van der Waals surface area contributed by atoms with Crippen molar-refractivity contribution >= 4 is 5.84 Å². The Balaban J connectivity index is 2.20. The molecule has 0 aliphatic carbocycles. The lowest BCUT2D eigenvalue weighted by Gasteiger charge is -2.13. The van der Waals surface area contributed by atoms with Crippen LogP contribution in [0.25, 0.3) is 0 Å². The maximum Gasteiger partial charge on any atom is 0.122 e. The van der Waals surface area contributed by atoms with Gasteiger partial charge in [-0.2, -0.15) is 0 Å². The molecule has 1 aliphatic rings. The van der Waals surface area contributed by atoms with Crippen LogP contribution in [0.5, 0.6) is 5.75 Å². The second kappa shape index (κ2) is 5.21. The molecule has 3 nitrogen and oxygen atoms in total. The predicted molar refractivity (Wildman–Crippen MR) is 71.1 cm³/mol. The maximum atomic E-state index is 5.39. The van der Waals surface area contributed by atoms with Crippen molar-refractivity contribution in [3.63, 3.8) is 0 Å². The van der Waals surface area contributed by atoms with E-state index in [9.17, 15) is 0 Å². The number of amidine groups is 1. The third kappa shape index (κ3) is 2.78. The van der Waals surface area contributed by atoms with Crippen LogP contribution >= 0.6 is 0 Å². The molecule has 2 rings (SSSR count). The minimum atomic E-state index is 0.475. The van der Waals surface area contributed by atoms with Gasteiger partial charge in [-0.1, -0.05) is 26.0 Å². The Labute approximate surface area is 103 Å². The van der Waals surface area contributed by atoms with Crippen molar-refractivity contribution in [1.82, 2.24) is 5.32 Å². The fraction of sp³-hybridized carbons (Fsp3) is 0.500. The highest BCUT2D eigenvalue weighted by atomic mass is 16.5. The Morgan fingerprint density at radius 3 is 2.82 bits per heavy atom. The quantitative estimate of drug-likeness (QED) is 0.864. The van der Waals surface area contributed by atoms with Crippen LogP contribution in [-0.2, 0) is 6.42 Å². The zero-order chi connectivity index (χ0) is 12.3. The van der Waals surface area contributed by atoms with Crippen molar-refractivity contribution in [3.8, 4) is 5.75 Å². The van der Waals surface area contributed by atoms with Crippen LogP contribution in [0.3, 0.4) is 0 Å². The van der Waals surface area contributed by atoms with Crippen molar-refractivity contribution in [2.75, 3.05) is 20.2 Å². The number of rotatable bonds is 4. The highest BCUT2D eigenvalue weighted by molar-refractivity contribution is 5.85. The van der Waals surface area contributed by atoms with E-state index in [2.05, 4.69) is 42.4 Å². The Kier molecular flexibility index (Phi) is 3.67. The first-order valence-corrected chi connectivity index (χ1v) is 6.14. The van der Waals surface area contributed by atoms with E-state index >= 15 is 0 Å². The van der Waals surface area contributed by atoms with Crippen LogP contribution in [0.4, 0.5) is 0 Å². The summed E-state index contributed by atoms with van der Waals surface area (Å²) in [4.78, 5) is 4.42. The summed E-state index contributed by atoms with van der Waals surface area (Å²) < 4.78 is 5.39. The zero-order valence-corrected chi connectivity index (χ0v) is 10.8. The maximum absolute atomic E-state index is 5.39. The van der Waals surface area contributed by atoms with Gasteiger partial charge in [-0.05, 0) is 23.1 Å². The average molecular weight is 232 g/mol. The number of hydrogen-bond acceptors (Lipinski definition) is 3. The number of benzene rings is 1. The van der Waals surface area contributed by atoms with Gasteiger partial charge in [-0.3, -0.25) is 4.99 Å². The number of aliphatic imine (C=N–C) groups is 1. The molecule has 1 aliphatic heterocycles. The molecule has 0 saturated carbocycles. The van der Waals surface area contributed by atoms with E-state index in [1.807, 2.05) is 0 Å². The van der Waals surface area contributed by atoms with Gasteiger partial charge in [0, 0.05) is 13.0 Å². The Morgan fingerprint density at radius 1 is 1.41 bits per heavy atom. The first-order chi connectivity index (χ1) is 8.20. The van der Waals surface area contributed by atoms with Crippen molar-refractivity contribution in [2.45, 2.75) is 26.2 Å². The van der Waals surface area contributed by atoms with Crippen molar-refractivity contribution in [3.05, 3.63) is 29.3 Å². The molecule has 0 fully saturated rings. The molecule has 0 unspecified atom stereocenters. The summed E-state index contributed by atoms with van der Waals surface area (Å²) in [6, 6.07) is 6.40. The van der Waals surface area contributed by atoms with Crippen LogP contribution in [0.1, 0.15) is 30.9 Å². The standard InChI is InChI=1S/C14H20N2O/c1-10(2)12-8-11(4-5-13(12)17-3)9-14-15-6-7-16-14/h4-5,8,10H,6-7,9H2,1-3H3,(H,15,16). The molecule has 1 heterocycles. The number of methoxy groups -OCH3 is 1. The molecule has 0 atom stereocenters. The lowest BCUT2D eigenvalue weighted by Crippen LogP contribution is -2.20. The SMILES string of the molecule is COc1ccc(CC2=NCCN2)cc1C(C)C. The van der Waals surface area contributed by atoms with E-state index in [-0.39, 0.29) is 0 Å². The summed E-state index contributed by atoms with van der Waals surface area (Å²) in [6.07, 6.45) is 0.893.